The first kappa shape index (κ1) is 25.8. The maximum atomic E-state index is 12.8. The van der Waals surface area contributed by atoms with Crippen LogP contribution in [0.5, 0.6) is 5.75 Å². The van der Waals surface area contributed by atoms with Crippen molar-refractivity contribution >= 4 is 40.5 Å². The zero-order valence-electron chi connectivity index (χ0n) is 21.0. The second kappa shape index (κ2) is 11.3. The Bertz CT molecular complexity index is 1670. The molecule has 2 heterocycles. The summed E-state index contributed by atoms with van der Waals surface area (Å²) >= 11 is 6.18. The van der Waals surface area contributed by atoms with Gasteiger partial charge in [0.2, 0.25) is 5.91 Å². The molecule has 196 valence electrons. The predicted molar refractivity (Wildman–Crippen MR) is 151 cm³/mol. The van der Waals surface area contributed by atoms with E-state index >= 15 is 0 Å². The molecular weight excluding hydrogens is 516 g/mol. The van der Waals surface area contributed by atoms with Gasteiger partial charge in [0.05, 0.1) is 18.5 Å². The summed E-state index contributed by atoms with van der Waals surface area (Å²) in [6, 6.07) is 21.2. The molecule has 0 saturated heterocycles. The first-order valence-corrected chi connectivity index (χ1v) is 12.6. The van der Waals surface area contributed by atoms with E-state index in [0.29, 0.717) is 22.0 Å². The number of methoxy groups -OCH3 is 1. The number of benzene rings is 3. The van der Waals surface area contributed by atoms with Gasteiger partial charge in [0, 0.05) is 51.9 Å². The number of hydrogen-bond acceptors (Lipinski definition) is 4. The zero-order valence-corrected chi connectivity index (χ0v) is 21.7. The molecule has 2 aromatic heterocycles. The summed E-state index contributed by atoms with van der Waals surface area (Å²) in [5, 5.41) is 18.6. The predicted octanol–water partition coefficient (Wildman–Crippen LogP) is 5.51. The first-order chi connectivity index (χ1) is 18.9. The number of aromatic amines is 1. The van der Waals surface area contributed by atoms with E-state index in [1.54, 1.807) is 42.4 Å². The minimum absolute atomic E-state index is 0.142. The highest BCUT2D eigenvalue weighted by Crippen LogP contribution is 2.27. The Labute approximate surface area is 229 Å². The molecule has 0 spiro atoms. The number of fused-ring (bicyclic) bond motifs is 1. The van der Waals surface area contributed by atoms with Crippen molar-refractivity contribution in [2.24, 2.45) is 0 Å². The fraction of sp³-hybridized carbons (Fsp3) is 0.100. The minimum atomic E-state index is -1.12. The number of ether oxygens (including phenoxy) is 1. The standard InChI is InChI=1S/C30H25ClN4O4/c1-39-24-12-9-19(10-13-24)29-20(18-35(34-29)23-6-4-5-22(31)16-23)11-14-28(36)33-27(30(37)38)15-21-17-32-26-8-3-2-7-25(21)26/h2-14,16-18,27,32H,15H2,1H3,(H,33,36)(H,37,38)/t27-/m0/s1. The van der Waals surface area contributed by atoms with Crippen LogP contribution in [0.15, 0.2) is 91.3 Å². The van der Waals surface area contributed by atoms with Crippen LogP contribution in [0.3, 0.4) is 0 Å². The molecule has 0 aliphatic heterocycles. The summed E-state index contributed by atoms with van der Waals surface area (Å²) in [5.41, 5.74) is 4.59. The summed E-state index contributed by atoms with van der Waals surface area (Å²) in [5.74, 6) is -0.937. The topological polar surface area (TPSA) is 109 Å². The number of halogens is 1. The highest BCUT2D eigenvalue weighted by atomic mass is 35.5. The average molecular weight is 541 g/mol. The number of nitrogens with one attached hydrogen (secondary N) is 2. The van der Waals surface area contributed by atoms with Crippen LogP contribution in [0.25, 0.3) is 33.9 Å². The molecule has 3 N–H and O–H groups in total. The van der Waals surface area contributed by atoms with Gasteiger partial charge in [-0.2, -0.15) is 5.10 Å². The van der Waals surface area contributed by atoms with Gasteiger partial charge in [0.15, 0.2) is 0 Å². The number of amides is 1. The van der Waals surface area contributed by atoms with E-state index in [1.807, 2.05) is 60.7 Å². The molecule has 5 rings (SSSR count). The van der Waals surface area contributed by atoms with Crippen molar-refractivity contribution in [1.82, 2.24) is 20.1 Å². The van der Waals surface area contributed by atoms with E-state index in [4.69, 9.17) is 21.4 Å². The van der Waals surface area contributed by atoms with Crippen LogP contribution in [0.2, 0.25) is 5.02 Å². The molecule has 3 aromatic carbocycles. The lowest BCUT2D eigenvalue weighted by Gasteiger charge is -2.12. The normalized spacial score (nSPS) is 12.1. The zero-order chi connectivity index (χ0) is 27.4. The van der Waals surface area contributed by atoms with E-state index in [9.17, 15) is 14.7 Å². The van der Waals surface area contributed by atoms with Crippen LogP contribution in [-0.4, -0.2) is 44.9 Å². The Hall–Kier alpha value is -4.82. The Kier molecular flexibility index (Phi) is 7.47. The van der Waals surface area contributed by atoms with Gasteiger partial charge in [0.25, 0.3) is 0 Å². The molecule has 0 unspecified atom stereocenters. The number of aliphatic carboxylic acids is 1. The van der Waals surface area contributed by atoms with Crippen LogP contribution in [0.1, 0.15) is 11.1 Å². The quantitative estimate of drug-likeness (QED) is 0.214. The lowest BCUT2D eigenvalue weighted by molar-refractivity contribution is -0.141. The second-order valence-electron chi connectivity index (χ2n) is 8.88. The van der Waals surface area contributed by atoms with E-state index in [2.05, 4.69) is 10.3 Å². The van der Waals surface area contributed by atoms with Gasteiger partial charge in [-0.3, -0.25) is 4.79 Å². The smallest absolute Gasteiger partial charge is 0.326 e. The van der Waals surface area contributed by atoms with Crippen molar-refractivity contribution in [3.63, 3.8) is 0 Å². The van der Waals surface area contributed by atoms with E-state index < -0.39 is 17.9 Å². The van der Waals surface area contributed by atoms with Crippen molar-refractivity contribution in [3.8, 4) is 22.7 Å². The molecule has 0 aliphatic rings. The third-order valence-electron chi connectivity index (χ3n) is 6.31. The van der Waals surface area contributed by atoms with Gasteiger partial charge in [-0.15, -0.1) is 0 Å². The summed E-state index contributed by atoms with van der Waals surface area (Å²) in [6.45, 7) is 0. The summed E-state index contributed by atoms with van der Waals surface area (Å²) in [6.07, 6.45) is 6.64. The van der Waals surface area contributed by atoms with Crippen LogP contribution >= 0.6 is 11.6 Å². The number of carbonyl (C=O) groups is 2. The fourth-order valence-electron chi connectivity index (χ4n) is 4.34. The fourth-order valence-corrected chi connectivity index (χ4v) is 4.52. The van der Waals surface area contributed by atoms with Crippen molar-refractivity contribution in [3.05, 3.63) is 107 Å². The number of nitrogens with zero attached hydrogens (tertiary/aromatic N) is 2. The molecular formula is C30H25ClN4O4. The summed E-state index contributed by atoms with van der Waals surface area (Å²) < 4.78 is 6.94. The molecule has 9 heteroatoms. The average Bonchev–Trinajstić information content (AvgIpc) is 3.56. The SMILES string of the molecule is COc1ccc(-c2nn(-c3cccc(Cl)c3)cc2C=CC(=O)N[C@@H](Cc2c[nH]c3ccccc23)C(=O)O)cc1. The molecule has 0 saturated carbocycles. The lowest BCUT2D eigenvalue weighted by atomic mass is 10.0. The number of carbonyl (C=O) groups excluding carboxylic acids is 1. The van der Waals surface area contributed by atoms with Crippen LogP contribution in [0.4, 0.5) is 0 Å². The first-order valence-electron chi connectivity index (χ1n) is 12.2. The molecule has 0 fully saturated rings. The van der Waals surface area contributed by atoms with E-state index in [1.165, 1.54) is 6.08 Å². The van der Waals surface area contributed by atoms with Gasteiger partial charge < -0.3 is 20.1 Å². The molecule has 1 atom stereocenters. The van der Waals surface area contributed by atoms with E-state index in [0.717, 1.165) is 27.7 Å². The monoisotopic (exact) mass is 540 g/mol. The van der Waals surface area contributed by atoms with Crippen molar-refractivity contribution < 1.29 is 19.4 Å². The van der Waals surface area contributed by atoms with Crippen LogP contribution in [0, 0.1) is 0 Å². The van der Waals surface area contributed by atoms with Gasteiger partial charge in [0.1, 0.15) is 11.8 Å². The van der Waals surface area contributed by atoms with Gasteiger partial charge in [-0.1, -0.05) is 35.9 Å². The van der Waals surface area contributed by atoms with Crippen molar-refractivity contribution in [2.45, 2.75) is 12.5 Å². The number of rotatable bonds is 9. The van der Waals surface area contributed by atoms with Gasteiger partial charge in [-0.25, -0.2) is 9.48 Å². The summed E-state index contributed by atoms with van der Waals surface area (Å²) in [7, 11) is 1.60. The number of hydrogen-bond donors (Lipinski definition) is 3. The lowest BCUT2D eigenvalue weighted by Crippen LogP contribution is -2.41. The molecule has 0 radical (unpaired) electrons. The number of aromatic nitrogens is 3. The molecule has 39 heavy (non-hydrogen) atoms. The highest BCUT2D eigenvalue weighted by Gasteiger charge is 2.21. The molecule has 8 nitrogen and oxygen atoms in total. The second-order valence-corrected chi connectivity index (χ2v) is 9.32. The number of H-pyrrole nitrogens is 1. The highest BCUT2D eigenvalue weighted by molar-refractivity contribution is 6.30. The molecule has 0 aliphatic carbocycles. The third-order valence-corrected chi connectivity index (χ3v) is 6.54. The molecule has 1 amide bonds. The van der Waals surface area contributed by atoms with Gasteiger partial charge >= 0.3 is 5.97 Å². The Morgan fingerprint density at radius 1 is 1.13 bits per heavy atom. The largest absolute Gasteiger partial charge is 0.497 e. The third kappa shape index (κ3) is 5.86. The summed E-state index contributed by atoms with van der Waals surface area (Å²) in [4.78, 5) is 27.9. The Balaban J connectivity index is 1.40. The maximum absolute atomic E-state index is 12.8. The van der Waals surface area contributed by atoms with Gasteiger partial charge in [-0.05, 0) is 60.2 Å². The molecule has 0 bridgehead atoms. The van der Waals surface area contributed by atoms with Crippen molar-refractivity contribution in [1.29, 1.82) is 0 Å². The van der Waals surface area contributed by atoms with Crippen LogP contribution < -0.4 is 10.1 Å². The Morgan fingerprint density at radius 2 is 1.92 bits per heavy atom. The number of para-hydroxylation sites is 1. The van der Waals surface area contributed by atoms with E-state index in [-0.39, 0.29) is 6.42 Å². The number of carboxylic acids is 1. The Morgan fingerprint density at radius 3 is 2.67 bits per heavy atom. The van der Waals surface area contributed by atoms with Crippen LogP contribution in [-0.2, 0) is 16.0 Å². The minimum Gasteiger partial charge on any atom is -0.497 e. The molecule has 5 aromatic rings. The van der Waals surface area contributed by atoms with Crippen molar-refractivity contribution in [2.75, 3.05) is 7.11 Å². The maximum Gasteiger partial charge on any atom is 0.326 e. The number of carboxylic acid groups (broad SMARTS) is 1.